The van der Waals surface area contributed by atoms with Gasteiger partial charge in [0.15, 0.2) is 0 Å². The van der Waals surface area contributed by atoms with Crippen LogP contribution in [0.3, 0.4) is 0 Å². The maximum Gasteiger partial charge on any atom is 0.0992 e. The van der Waals surface area contributed by atoms with Crippen LogP contribution < -0.4 is 0 Å². The molecule has 138 valence electrons. The Labute approximate surface area is 161 Å². The molecule has 27 heavy (non-hydrogen) atoms. The number of hydrogen-bond donors (Lipinski definition) is 0. The molecule has 1 aliphatic rings. The van der Waals surface area contributed by atoms with E-state index in [-0.39, 0.29) is 0 Å². The molecule has 0 N–H and O–H groups in total. The predicted molar refractivity (Wildman–Crippen MR) is 111 cm³/mol. The van der Waals surface area contributed by atoms with Gasteiger partial charge in [0.2, 0.25) is 0 Å². The molecule has 1 saturated heterocycles. The lowest BCUT2D eigenvalue weighted by Gasteiger charge is -2.24. The van der Waals surface area contributed by atoms with Crippen LogP contribution in [0.4, 0.5) is 0 Å². The van der Waals surface area contributed by atoms with Crippen LogP contribution in [-0.4, -0.2) is 22.1 Å². The van der Waals surface area contributed by atoms with Crippen LogP contribution in [0.2, 0.25) is 0 Å². The first-order valence-electron chi connectivity index (χ1n) is 10.1. The van der Waals surface area contributed by atoms with Gasteiger partial charge in [-0.05, 0) is 68.3 Å². The second-order valence-corrected chi connectivity index (χ2v) is 7.56. The van der Waals surface area contributed by atoms with Gasteiger partial charge in [0, 0.05) is 30.3 Å². The first-order valence-corrected chi connectivity index (χ1v) is 10.1. The van der Waals surface area contributed by atoms with Crippen molar-refractivity contribution in [2.75, 3.05) is 6.54 Å². The highest BCUT2D eigenvalue weighted by Crippen LogP contribution is 2.27. The number of benzene rings is 2. The van der Waals surface area contributed by atoms with Crippen LogP contribution in [0.15, 0.2) is 54.6 Å². The zero-order valence-electron chi connectivity index (χ0n) is 16.1. The largest absolute Gasteiger partial charge is 0.345 e. The quantitative estimate of drug-likeness (QED) is 0.612. The lowest BCUT2D eigenvalue weighted by molar-refractivity contribution is 0.234. The fourth-order valence-electron chi connectivity index (χ4n) is 4.52. The van der Waals surface area contributed by atoms with Gasteiger partial charge < -0.3 is 4.57 Å². The minimum atomic E-state index is 0.670. The number of rotatable bonds is 6. The molecule has 0 aliphatic carbocycles. The second-order valence-electron chi connectivity index (χ2n) is 7.56. The Balaban J connectivity index is 1.48. The minimum absolute atomic E-state index is 0.670. The maximum absolute atomic E-state index is 9.20. The molecule has 2 heterocycles. The van der Waals surface area contributed by atoms with Gasteiger partial charge in [0.05, 0.1) is 11.6 Å². The van der Waals surface area contributed by atoms with E-state index in [4.69, 9.17) is 0 Å². The van der Waals surface area contributed by atoms with E-state index < -0.39 is 0 Å². The van der Waals surface area contributed by atoms with Crippen LogP contribution in [0.1, 0.15) is 43.0 Å². The molecule has 0 saturated carbocycles. The van der Waals surface area contributed by atoms with Crippen LogP contribution in [0.5, 0.6) is 0 Å². The number of nitrogens with zero attached hydrogens (tertiary/aromatic N) is 3. The van der Waals surface area contributed by atoms with Crippen LogP contribution in [0.25, 0.3) is 10.9 Å². The first kappa shape index (κ1) is 17.8. The van der Waals surface area contributed by atoms with Gasteiger partial charge in [-0.3, -0.25) is 4.90 Å². The molecule has 0 spiro atoms. The third kappa shape index (κ3) is 3.77. The molecule has 1 atom stereocenters. The molecule has 0 unspecified atom stereocenters. The van der Waals surface area contributed by atoms with Crippen molar-refractivity contribution in [3.63, 3.8) is 0 Å². The summed E-state index contributed by atoms with van der Waals surface area (Å²) in [6.45, 7) is 5.42. The minimum Gasteiger partial charge on any atom is -0.345 e. The summed E-state index contributed by atoms with van der Waals surface area (Å²) >= 11 is 0. The van der Waals surface area contributed by atoms with Crippen molar-refractivity contribution in [1.82, 2.24) is 9.47 Å². The van der Waals surface area contributed by atoms with Crippen molar-refractivity contribution in [1.29, 1.82) is 5.26 Å². The van der Waals surface area contributed by atoms with E-state index in [2.05, 4.69) is 64.9 Å². The van der Waals surface area contributed by atoms with Gasteiger partial charge in [0.25, 0.3) is 0 Å². The topological polar surface area (TPSA) is 32.0 Å². The number of nitriles is 1. The van der Waals surface area contributed by atoms with Crippen LogP contribution in [-0.2, 0) is 19.5 Å². The third-order valence-electron chi connectivity index (χ3n) is 5.90. The van der Waals surface area contributed by atoms with Crippen molar-refractivity contribution in [2.24, 2.45) is 0 Å². The highest BCUT2D eigenvalue weighted by Gasteiger charge is 2.24. The van der Waals surface area contributed by atoms with Gasteiger partial charge in [-0.25, -0.2) is 0 Å². The van der Waals surface area contributed by atoms with Gasteiger partial charge >= 0.3 is 0 Å². The number of hydrogen-bond acceptors (Lipinski definition) is 2. The number of likely N-dealkylation sites (tertiary alicyclic amines) is 1. The van der Waals surface area contributed by atoms with Gasteiger partial charge in [-0.15, -0.1) is 0 Å². The van der Waals surface area contributed by atoms with Crippen molar-refractivity contribution < 1.29 is 0 Å². The first-order chi connectivity index (χ1) is 13.3. The SMILES string of the molecule is CCn1c(CC[C@@H]2CCCN2Cc2ccccc2)cc2ccc(C#N)cc21. The zero-order chi connectivity index (χ0) is 18.6. The van der Waals surface area contributed by atoms with E-state index in [9.17, 15) is 5.26 Å². The summed E-state index contributed by atoms with van der Waals surface area (Å²) in [5.41, 5.74) is 4.75. The number of aromatic nitrogens is 1. The Kier molecular flexibility index (Phi) is 5.27. The molecule has 1 fully saturated rings. The van der Waals surface area contributed by atoms with Crippen molar-refractivity contribution in [3.05, 3.63) is 71.4 Å². The van der Waals surface area contributed by atoms with Gasteiger partial charge in [-0.1, -0.05) is 36.4 Å². The summed E-state index contributed by atoms with van der Waals surface area (Å²) in [5, 5.41) is 10.4. The predicted octanol–water partition coefficient (Wildman–Crippen LogP) is 5.13. The molecular weight excluding hydrogens is 330 g/mol. The number of aryl methyl sites for hydroxylation is 2. The summed E-state index contributed by atoms with van der Waals surface area (Å²) < 4.78 is 2.38. The average Bonchev–Trinajstić information content (AvgIpc) is 3.29. The average molecular weight is 358 g/mol. The summed E-state index contributed by atoms with van der Waals surface area (Å²) in [4.78, 5) is 2.65. The van der Waals surface area contributed by atoms with Crippen LogP contribution in [0, 0.1) is 11.3 Å². The Hall–Kier alpha value is -2.57. The zero-order valence-corrected chi connectivity index (χ0v) is 16.1. The number of fused-ring (bicyclic) bond motifs is 1. The molecule has 0 bridgehead atoms. The molecule has 2 aromatic carbocycles. The van der Waals surface area contributed by atoms with Gasteiger partial charge in [0.1, 0.15) is 0 Å². The molecule has 3 heteroatoms. The summed E-state index contributed by atoms with van der Waals surface area (Å²) in [7, 11) is 0. The smallest absolute Gasteiger partial charge is 0.0992 e. The second kappa shape index (κ2) is 7.98. The van der Waals surface area contributed by atoms with Crippen molar-refractivity contribution >= 4 is 10.9 Å². The molecular formula is C24H27N3. The van der Waals surface area contributed by atoms with E-state index >= 15 is 0 Å². The van der Waals surface area contributed by atoms with Gasteiger partial charge in [-0.2, -0.15) is 5.26 Å². The van der Waals surface area contributed by atoms with Crippen molar-refractivity contribution in [2.45, 2.75) is 51.7 Å². The Bertz CT molecular complexity index is 949. The fraction of sp³-hybridized carbons (Fsp3) is 0.375. The highest BCUT2D eigenvalue weighted by atomic mass is 15.2. The summed E-state index contributed by atoms with van der Waals surface area (Å²) in [6, 6.07) is 22.1. The normalized spacial score (nSPS) is 17.4. The molecule has 1 aliphatic heterocycles. The maximum atomic E-state index is 9.20. The molecule has 4 rings (SSSR count). The lowest BCUT2D eigenvalue weighted by atomic mass is 10.1. The summed E-state index contributed by atoms with van der Waals surface area (Å²) in [6.07, 6.45) is 4.91. The molecule has 1 aromatic heterocycles. The van der Waals surface area contributed by atoms with E-state index in [1.54, 1.807) is 0 Å². The summed E-state index contributed by atoms with van der Waals surface area (Å²) in [5.74, 6) is 0. The van der Waals surface area contributed by atoms with E-state index in [0.29, 0.717) is 6.04 Å². The Morgan fingerprint density at radius 2 is 1.96 bits per heavy atom. The van der Waals surface area contributed by atoms with E-state index in [0.717, 1.165) is 25.1 Å². The van der Waals surface area contributed by atoms with E-state index in [1.165, 1.54) is 48.0 Å². The Morgan fingerprint density at radius 1 is 1.11 bits per heavy atom. The molecule has 0 amide bonds. The molecule has 0 radical (unpaired) electrons. The third-order valence-corrected chi connectivity index (χ3v) is 5.90. The molecule has 3 nitrogen and oxygen atoms in total. The molecule has 3 aromatic rings. The fourth-order valence-corrected chi connectivity index (χ4v) is 4.52. The van der Waals surface area contributed by atoms with Crippen molar-refractivity contribution in [3.8, 4) is 6.07 Å². The van der Waals surface area contributed by atoms with Crippen LogP contribution >= 0.6 is 0 Å². The Morgan fingerprint density at radius 3 is 2.74 bits per heavy atom. The monoisotopic (exact) mass is 357 g/mol. The lowest BCUT2D eigenvalue weighted by Crippen LogP contribution is -2.29. The standard InChI is InChI=1S/C24H27N3/c1-2-27-23(16-21-11-10-20(17-25)15-24(21)27)13-12-22-9-6-14-26(22)18-19-7-4-3-5-8-19/h3-5,7-8,10-11,15-16,22H,2,6,9,12-14,18H2,1H3/t22-/m0/s1. The highest BCUT2D eigenvalue weighted by molar-refractivity contribution is 5.82. The van der Waals surface area contributed by atoms with E-state index in [1.807, 2.05) is 12.1 Å².